The fraction of sp³-hybridized carbons (Fsp3) is 0.217. The number of piperazine rings is 1. The lowest BCUT2D eigenvalue weighted by Crippen LogP contribution is -2.48. The van der Waals surface area contributed by atoms with Gasteiger partial charge in [-0.05, 0) is 54.1 Å². The van der Waals surface area contributed by atoms with Crippen molar-refractivity contribution in [3.63, 3.8) is 0 Å². The van der Waals surface area contributed by atoms with Crippen LogP contribution in [0.25, 0.3) is 0 Å². The van der Waals surface area contributed by atoms with Gasteiger partial charge in [0.15, 0.2) is 0 Å². The summed E-state index contributed by atoms with van der Waals surface area (Å²) in [5.41, 5.74) is 2.18. The Hall–Kier alpha value is -3.23. The summed E-state index contributed by atoms with van der Waals surface area (Å²) in [6.07, 6.45) is 3.57. The number of nitrogens with zero attached hydrogens (tertiary/aromatic N) is 3. The third-order valence-corrected chi connectivity index (χ3v) is 6.65. The number of amides is 1. The van der Waals surface area contributed by atoms with Crippen LogP contribution < -0.4 is 4.72 Å². The molecule has 1 amide bonds. The maximum Gasteiger partial charge on any atom is 0.261 e. The molecule has 31 heavy (non-hydrogen) atoms. The number of carbonyl (C=O) groups is 1. The molecule has 1 saturated heterocycles. The quantitative estimate of drug-likeness (QED) is 0.643. The molecule has 1 fully saturated rings. The van der Waals surface area contributed by atoms with Gasteiger partial charge in [-0.25, -0.2) is 8.42 Å². The molecule has 4 rings (SSSR count). The minimum absolute atomic E-state index is 0.0801. The molecule has 2 aromatic carbocycles. The molecule has 0 aliphatic carbocycles. The summed E-state index contributed by atoms with van der Waals surface area (Å²) >= 11 is 0. The summed E-state index contributed by atoms with van der Waals surface area (Å²) in [5.74, 6) is -0.0801. The van der Waals surface area contributed by atoms with Gasteiger partial charge in [0.1, 0.15) is 0 Å². The van der Waals surface area contributed by atoms with Crippen molar-refractivity contribution in [1.82, 2.24) is 14.8 Å². The molecule has 0 bridgehead atoms. The molecular weight excluding hydrogens is 412 g/mol. The Bertz CT molecular complexity index is 1110. The predicted molar refractivity (Wildman–Crippen MR) is 119 cm³/mol. The normalized spacial score (nSPS) is 14.9. The van der Waals surface area contributed by atoms with E-state index in [2.05, 4.69) is 14.6 Å². The number of pyridine rings is 1. The molecule has 1 aliphatic rings. The fourth-order valence-electron chi connectivity index (χ4n) is 3.53. The molecule has 2 heterocycles. The minimum atomic E-state index is -3.70. The predicted octanol–water partition coefficient (Wildman–Crippen LogP) is 2.84. The maximum absolute atomic E-state index is 12.9. The number of hydrogen-bond acceptors (Lipinski definition) is 5. The van der Waals surface area contributed by atoms with Crippen molar-refractivity contribution >= 4 is 21.6 Å². The van der Waals surface area contributed by atoms with Crippen LogP contribution in [-0.2, 0) is 16.6 Å². The molecule has 7 nitrogen and oxygen atoms in total. The lowest BCUT2D eigenvalue weighted by molar-refractivity contribution is 0.0628. The third-order valence-electron chi connectivity index (χ3n) is 5.25. The Morgan fingerprint density at radius 2 is 1.52 bits per heavy atom. The van der Waals surface area contributed by atoms with Crippen molar-refractivity contribution in [2.24, 2.45) is 0 Å². The van der Waals surface area contributed by atoms with Crippen LogP contribution in [0.1, 0.15) is 15.9 Å². The van der Waals surface area contributed by atoms with Crippen LogP contribution >= 0.6 is 0 Å². The number of hydrogen-bond donors (Lipinski definition) is 1. The molecule has 0 unspecified atom stereocenters. The topological polar surface area (TPSA) is 82.6 Å². The minimum Gasteiger partial charge on any atom is -0.336 e. The van der Waals surface area contributed by atoms with E-state index in [0.717, 1.165) is 19.6 Å². The zero-order chi connectivity index (χ0) is 21.7. The van der Waals surface area contributed by atoms with Gasteiger partial charge < -0.3 is 4.90 Å². The molecule has 1 aliphatic heterocycles. The van der Waals surface area contributed by atoms with Gasteiger partial charge in [0.05, 0.1) is 4.90 Å². The SMILES string of the molecule is O=C(c1ccc(S(=O)(=O)Nc2ccccc2)cc1)N1CCN(Cc2ccncc2)CC1. The number of aromatic nitrogens is 1. The van der Waals surface area contributed by atoms with E-state index >= 15 is 0 Å². The second kappa shape index (κ2) is 9.28. The zero-order valence-corrected chi connectivity index (χ0v) is 17.8. The summed E-state index contributed by atoms with van der Waals surface area (Å²) in [4.78, 5) is 21.1. The molecule has 0 spiro atoms. The molecular formula is C23H24N4O3S. The molecule has 3 aromatic rings. The third kappa shape index (κ3) is 5.28. The number of sulfonamides is 1. The van der Waals surface area contributed by atoms with Crippen LogP contribution in [0.3, 0.4) is 0 Å². The van der Waals surface area contributed by atoms with Crippen LogP contribution in [-0.4, -0.2) is 55.3 Å². The first-order valence-corrected chi connectivity index (χ1v) is 11.6. The second-order valence-corrected chi connectivity index (χ2v) is 9.10. The van der Waals surface area contributed by atoms with Crippen LogP contribution in [0.4, 0.5) is 5.69 Å². The average molecular weight is 437 g/mol. The van der Waals surface area contributed by atoms with Crippen LogP contribution in [0, 0.1) is 0 Å². The van der Waals surface area contributed by atoms with Gasteiger partial charge in [-0.1, -0.05) is 18.2 Å². The first kappa shape index (κ1) is 21.0. The Labute approximate surface area is 182 Å². The van der Waals surface area contributed by atoms with Crippen molar-refractivity contribution in [2.45, 2.75) is 11.4 Å². The highest BCUT2D eigenvalue weighted by Gasteiger charge is 2.23. The summed E-state index contributed by atoms with van der Waals surface area (Å²) < 4.78 is 27.6. The highest BCUT2D eigenvalue weighted by molar-refractivity contribution is 7.92. The highest BCUT2D eigenvalue weighted by Crippen LogP contribution is 2.18. The molecule has 8 heteroatoms. The van der Waals surface area contributed by atoms with Gasteiger partial charge in [0.2, 0.25) is 0 Å². The Balaban J connectivity index is 1.35. The van der Waals surface area contributed by atoms with Gasteiger partial charge in [0.25, 0.3) is 15.9 Å². The van der Waals surface area contributed by atoms with E-state index in [1.807, 2.05) is 23.1 Å². The maximum atomic E-state index is 12.9. The first-order valence-electron chi connectivity index (χ1n) is 10.1. The van der Waals surface area contributed by atoms with Crippen molar-refractivity contribution in [1.29, 1.82) is 0 Å². The van der Waals surface area contributed by atoms with E-state index < -0.39 is 10.0 Å². The van der Waals surface area contributed by atoms with E-state index in [1.54, 1.807) is 48.8 Å². The van der Waals surface area contributed by atoms with Gasteiger partial charge in [0, 0.05) is 56.4 Å². The van der Waals surface area contributed by atoms with Gasteiger partial charge >= 0.3 is 0 Å². The smallest absolute Gasteiger partial charge is 0.261 e. The van der Waals surface area contributed by atoms with E-state index in [9.17, 15) is 13.2 Å². The Kier molecular flexibility index (Phi) is 6.29. The summed E-state index contributed by atoms with van der Waals surface area (Å²) in [6.45, 7) is 3.70. The fourth-order valence-corrected chi connectivity index (χ4v) is 4.59. The molecule has 1 N–H and O–H groups in total. The lowest BCUT2D eigenvalue weighted by atomic mass is 10.1. The van der Waals surface area contributed by atoms with E-state index in [0.29, 0.717) is 24.3 Å². The Morgan fingerprint density at radius 1 is 0.871 bits per heavy atom. The second-order valence-electron chi connectivity index (χ2n) is 7.42. The van der Waals surface area contributed by atoms with E-state index in [-0.39, 0.29) is 10.8 Å². The molecule has 160 valence electrons. The molecule has 0 atom stereocenters. The monoisotopic (exact) mass is 436 g/mol. The van der Waals surface area contributed by atoms with Crippen molar-refractivity contribution in [3.05, 3.63) is 90.3 Å². The van der Waals surface area contributed by atoms with Crippen molar-refractivity contribution in [3.8, 4) is 0 Å². The number of para-hydroxylation sites is 1. The lowest BCUT2D eigenvalue weighted by Gasteiger charge is -2.34. The van der Waals surface area contributed by atoms with Crippen LogP contribution in [0.5, 0.6) is 0 Å². The standard InChI is InChI=1S/C23H24N4O3S/c28-23(27-16-14-26(15-17-27)18-19-10-12-24-13-11-19)20-6-8-22(9-7-20)31(29,30)25-21-4-2-1-3-5-21/h1-13,25H,14-18H2. The van der Waals surface area contributed by atoms with E-state index in [4.69, 9.17) is 0 Å². The van der Waals surface area contributed by atoms with Gasteiger partial charge in [-0.3, -0.25) is 19.4 Å². The van der Waals surface area contributed by atoms with Gasteiger partial charge in [-0.2, -0.15) is 0 Å². The van der Waals surface area contributed by atoms with Crippen LogP contribution in [0.2, 0.25) is 0 Å². The number of benzene rings is 2. The van der Waals surface area contributed by atoms with E-state index in [1.165, 1.54) is 17.7 Å². The largest absolute Gasteiger partial charge is 0.336 e. The summed E-state index contributed by atoms with van der Waals surface area (Å²) in [5, 5.41) is 0. The molecule has 1 aromatic heterocycles. The summed E-state index contributed by atoms with van der Waals surface area (Å²) in [7, 11) is -3.70. The highest BCUT2D eigenvalue weighted by atomic mass is 32.2. The van der Waals surface area contributed by atoms with Crippen molar-refractivity contribution < 1.29 is 13.2 Å². The number of nitrogens with one attached hydrogen (secondary N) is 1. The van der Waals surface area contributed by atoms with Crippen molar-refractivity contribution in [2.75, 3.05) is 30.9 Å². The number of rotatable bonds is 6. The zero-order valence-electron chi connectivity index (χ0n) is 17.0. The molecule has 0 saturated carbocycles. The average Bonchev–Trinajstić information content (AvgIpc) is 2.80. The van der Waals surface area contributed by atoms with Gasteiger partial charge in [-0.15, -0.1) is 0 Å². The summed E-state index contributed by atoms with van der Waals surface area (Å²) in [6, 6.07) is 18.8. The Morgan fingerprint density at radius 3 is 2.16 bits per heavy atom. The van der Waals surface area contributed by atoms with Crippen LogP contribution in [0.15, 0.2) is 84.0 Å². The number of carbonyl (C=O) groups excluding carboxylic acids is 1. The molecule has 0 radical (unpaired) electrons. The first-order chi connectivity index (χ1) is 15.0. The number of anilines is 1.